The summed E-state index contributed by atoms with van der Waals surface area (Å²) in [7, 11) is 0. The summed E-state index contributed by atoms with van der Waals surface area (Å²) < 4.78 is 1.88. The molecule has 3 heterocycles. The van der Waals surface area contributed by atoms with Crippen molar-refractivity contribution in [2.24, 2.45) is 11.7 Å². The number of halogens is 2. The maximum Gasteiger partial charge on any atom is 0.264 e. The standard InChI is InChI=1S/C20H20Cl2N4O2S/c1-11-15-9-17(19(28)25-6-4-12(5-7-25)18(23)27)29-20(15)26(24-11)10-13-2-3-14(21)8-16(13)22/h2-3,8-9,12H,4-7,10H2,1H3,(H2,23,27). The number of aryl methyl sites for hydroxylation is 1. The number of nitrogens with zero attached hydrogens (tertiary/aromatic N) is 3. The summed E-state index contributed by atoms with van der Waals surface area (Å²) in [5.41, 5.74) is 7.17. The fourth-order valence-electron chi connectivity index (χ4n) is 3.66. The van der Waals surface area contributed by atoms with Crippen LogP contribution < -0.4 is 5.73 Å². The molecule has 0 aliphatic carbocycles. The molecule has 1 saturated heterocycles. The molecule has 1 aliphatic heterocycles. The zero-order valence-electron chi connectivity index (χ0n) is 15.8. The predicted octanol–water partition coefficient (Wildman–Crippen LogP) is 4.10. The first-order chi connectivity index (χ1) is 13.8. The number of fused-ring (bicyclic) bond motifs is 1. The van der Waals surface area contributed by atoms with Crippen molar-refractivity contribution in [3.8, 4) is 0 Å². The van der Waals surface area contributed by atoms with Crippen molar-refractivity contribution in [3.63, 3.8) is 0 Å². The van der Waals surface area contributed by atoms with Gasteiger partial charge in [0.2, 0.25) is 5.91 Å². The number of aromatic nitrogens is 2. The first kappa shape index (κ1) is 20.2. The molecule has 29 heavy (non-hydrogen) atoms. The van der Waals surface area contributed by atoms with Crippen LogP contribution in [0.5, 0.6) is 0 Å². The van der Waals surface area contributed by atoms with E-state index in [0.29, 0.717) is 47.4 Å². The molecule has 152 valence electrons. The zero-order chi connectivity index (χ0) is 20.7. The van der Waals surface area contributed by atoms with Crippen molar-refractivity contribution in [1.29, 1.82) is 0 Å². The largest absolute Gasteiger partial charge is 0.369 e. The van der Waals surface area contributed by atoms with E-state index >= 15 is 0 Å². The van der Waals surface area contributed by atoms with Crippen molar-refractivity contribution in [2.45, 2.75) is 26.3 Å². The number of amides is 2. The third-order valence-electron chi connectivity index (χ3n) is 5.34. The Morgan fingerprint density at radius 3 is 2.62 bits per heavy atom. The van der Waals surface area contributed by atoms with E-state index in [-0.39, 0.29) is 17.7 Å². The normalized spacial score (nSPS) is 15.2. The van der Waals surface area contributed by atoms with Crippen LogP contribution in [0.3, 0.4) is 0 Å². The van der Waals surface area contributed by atoms with Gasteiger partial charge in [-0.3, -0.25) is 14.3 Å². The van der Waals surface area contributed by atoms with Crippen LogP contribution >= 0.6 is 34.5 Å². The fourth-order valence-corrected chi connectivity index (χ4v) is 5.26. The first-order valence-electron chi connectivity index (χ1n) is 9.33. The second-order valence-corrected chi connectivity index (χ2v) is 9.15. The molecule has 1 fully saturated rings. The van der Waals surface area contributed by atoms with Gasteiger partial charge in [-0.15, -0.1) is 11.3 Å². The monoisotopic (exact) mass is 450 g/mol. The van der Waals surface area contributed by atoms with Crippen LogP contribution in [0.2, 0.25) is 10.0 Å². The van der Waals surface area contributed by atoms with Crippen molar-refractivity contribution < 1.29 is 9.59 Å². The summed E-state index contributed by atoms with van der Waals surface area (Å²) in [5.74, 6) is -0.429. The maximum atomic E-state index is 13.0. The van der Waals surface area contributed by atoms with Crippen LogP contribution in [-0.2, 0) is 11.3 Å². The average Bonchev–Trinajstić information content (AvgIpc) is 3.25. The van der Waals surface area contributed by atoms with Crippen LogP contribution in [0.25, 0.3) is 10.2 Å². The van der Waals surface area contributed by atoms with Gasteiger partial charge in [0.25, 0.3) is 5.91 Å². The Bertz CT molecular complexity index is 1100. The molecule has 0 unspecified atom stereocenters. The van der Waals surface area contributed by atoms with Crippen LogP contribution in [0.15, 0.2) is 24.3 Å². The summed E-state index contributed by atoms with van der Waals surface area (Å²) in [6, 6.07) is 7.31. The van der Waals surface area contributed by atoms with E-state index in [1.165, 1.54) is 11.3 Å². The highest BCUT2D eigenvalue weighted by Gasteiger charge is 2.28. The van der Waals surface area contributed by atoms with Gasteiger partial charge in [0.05, 0.1) is 17.1 Å². The number of likely N-dealkylation sites (tertiary alicyclic amines) is 1. The van der Waals surface area contributed by atoms with E-state index < -0.39 is 0 Å². The number of piperidine rings is 1. The van der Waals surface area contributed by atoms with Crippen molar-refractivity contribution in [3.05, 3.63) is 50.4 Å². The number of rotatable bonds is 4. The van der Waals surface area contributed by atoms with Crippen LogP contribution in [-0.4, -0.2) is 39.6 Å². The molecule has 0 atom stereocenters. The molecule has 1 aliphatic rings. The van der Waals surface area contributed by atoms with Crippen molar-refractivity contribution in [1.82, 2.24) is 14.7 Å². The Kier molecular flexibility index (Phi) is 5.55. The maximum absolute atomic E-state index is 13.0. The van der Waals surface area contributed by atoms with E-state index in [2.05, 4.69) is 5.10 Å². The first-order valence-corrected chi connectivity index (χ1v) is 10.9. The van der Waals surface area contributed by atoms with Crippen molar-refractivity contribution in [2.75, 3.05) is 13.1 Å². The molecule has 1 aromatic carbocycles. The van der Waals surface area contributed by atoms with Gasteiger partial charge < -0.3 is 10.6 Å². The zero-order valence-corrected chi connectivity index (χ0v) is 18.2. The number of nitrogens with two attached hydrogens (primary N) is 1. The molecule has 6 nitrogen and oxygen atoms in total. The van der Waals surface area contributed by atoms with Gasteiger partial charge in [-0.05, 0) is 43.5 Å². The summed E-state index contributed by atoms with van der Waals surface area (Å²) in [4.78, 5) is 27.7. The Morgan fingerprint density at radius 1 is 1.24 bits per heavy atom. The molecular weight excluding hydrogens is 431 g/mol. The lowest BCUT2D eigenvalue weighted by Gasteiger charge is -2.30. The minimum atomic E-state index is -0.282. The lowest BCUT2D eigenvalue weighted by Crippen LogP contribution is -2.41. The minimum absolute atomic E-state index is 0.00963. The molecule has 0 saturated carbocycles. The number of benzene rings is 1. The average molecular weight is 451 g/mol. The van der Waals surface area contributed by atoms with Crippen LogP contribution in [0.4, 0.5) is 0 Å². The van der Waals surface area contributed by atoms with Crippen LogP contribution in [0, 0.1) is 12.8 Å². The number of thiophene rings is 1. The SMILES string of the molecule is Cc1nn(Cc2ccc(Cl)cc2Cl)c2sc(C(=O)N3CCC(C(N)=O)CC3)cc12. The highest BCUT2D eigenvalue weighted by molar-refractivity contribution is 7.20. The Morgan fingerprint density at radius 2 is 1.97 bits per heavy atom. The summed E-state index contributed by atoms with van der Waals surface area (Å²) in [5, 5.41) is 6.75. The third-order valence-corrected chi connectivity index (χ3v) is 7.06. The van der Waals surface area contributed by atoms with E-state index in [9.17, 15) is 9.59 Å². The van der Waals surface area contributed by atoms with Gasteiger partial charge in [-0.2, -0.15) is 5.10 Å². The minimum Gasteiger partial charge on any atom is -0.369 e. The summed E-state index contributed by atoms with van der Waals surface area (Å²) in [6.45, 7) is 3.53. The highest BCUT2D eigenvalue weighted by Crippen LogP contribution is 2.31. The Hall–Kier alpha value is -2.09. The smallest absolute Gasteiger partial charge is 0.264 e. The lowest BCUT2D eigenvalue weighted by atomic mass is 9.96. The van der Waals surface area contributed by atoms with Gasteiger partial charge in [0, 0.05) is 34.4 Å². The number of hydrogen-bond acceptors (Lipinski definition) is 4. The Balaban J connectivity index is 1.57. The van der Waals surface area contributed by atoms with E-state index in [0.717, 1.165) is 21.5 Å². The molecule has 2 N–H and O–H groups in total. The molecule has 0 radical (unpaired) electrons. The number of primary amides is 1. The molecule has 9 heteroatoms. The number of hydrogen-bond donors (Lipinski definition) is 1. The van der Waals surface area contributed by atoms with E-state index in [1.807, 2.05) is 23.7 Å². The number of carbonyl (C=O) groups is 2. The molecular formula is C20H20Cl2N4O2S. The van der Waals surface area contributed by atoms with Gasteiger partial charge in [-0.1, -0.05) is 29.3 Å². The van der Waals surface area contributed by atoms with Crippen LogP contribution in [0.1, 0.15) is 33.8 Å². The van der Waals surface area contributed by atoms with Gasteiger partial charge >= 0.3 is 0 Å². The molecule has 0 spiro atoms. The quantitative estimate of drug-likeness (QED) is 0.649. The second-order valence-electron chi connectivity index (χ2n) is 7.28. The second kappa shape index (κ2) is 7.97. The van der Waals surface area contributed by atoms with Gasteiger partial charge in [-0.25, -0.2) is 0 Å². The summed E-state index contributed by atoms with van der Waals surface area (Å²) >= 11 is 13.7. The predicted molar refractivity (Wildman–Crippen MR) is 116 cm³/mol. The molecule has 3 aromatic rings. The molecule has 2 amide bonds. The van der Waals surface area contributed by atoms with Crippen molar-refractivity contribution >= 4 is 56.6 Å². The molecule has 2 aromatic heterocycles. The van der Waals surface area contributed by atoms with Gasteiger partial charge in [0.1, 0.15) is 4.83 Å². The lowest BCUT2D eigenvalue weighted by molar-refractivity contribution is -0.123. The number of carbonyl (C=O) groups excluding carboxylic acids is 2. The van der Waals surface area contributed by atoms with Gasteiger partial charge in [0.15, 0.2) is 0 Å². The van der Waals surface area contributed by atoms with E-state index in [1.54, 1.807) is 17.0 Å². The Labute approximate surface area is 182 Å². The summed E-state index contributed by atoms with van der Waals surface area (Å²) in [6.07, 6.45) is 1.24. The highest BCUT2D eigenvalue weighted by atomic mass is 35.5. The molecule has 0 bridgehead atoms. The fraction of sp³-hybridized carbons (Fsp3) is 0.350. The van der Waals surface area contributed by atoms with E-state index in [4.69, 9.17) is 28.9 Å². The topological polar surface area (TPSA) is 81.2 Å². The third kappa shape index (κ3) is 3.99. The molecule has 4 rings (SSSR count).